The third kappa shape index (κ3) is 4.44. The highest BCUT2D eigenvalue weighted by atomic mass is 32.1. The van der Waals surface area contributed by atoms with E-state index >= 15 is 0 Å². The quantitative estimate of drug-likeness (QED) is 0.609. The summed E-state index contributed by atoms with van der Waals surface area (Å²) in [6, 6.07) is 6.50. The Balaban J connectivity index is 1.47. The van der Waals surface area contributed by atoms with Crippen molar-refractivity contribution in [1.82, 2.24) is 14.5 Å². The molecule has 30 heavy (non-hydrogen) atoms. The van der Waals surface area contributed by atoms with E-state index in [9.17, 15) is 4.79 Å². The van der Waals surface area contributed by atoms with Crippen molar-refractivity contribution in [3.8, 4) is 0 Å². The van der Waals surface area contributed by atoms with Crippen molar-refractivity contribution in [2.24, 2.45) is 0 Å². The SMILES string of the molecule is Cc1cc(N2CCN(c3nc(C)n(Cc4ccc(C(C)(C)C)s4)c(=O)n3)CC2)cs1. The first-order chi connectivity index (χ1) is 14.2. The molecule has 8 heteroatoms. The van der Waals surface area contributed by atoms with Gasteiger partial charge in [-0.1, -0.05) is 20.8 Å². The molecular weight excluding hydrogens is 414 g/mol. The first-order valence-electron chi connectivity index (χ1n) is 10.3. The van der Waals surface area contributed by atoms with Gasteiger partial charge in [-0.05, 0) is 37.5 Å². The zero-order valence-corrected chi connectivity index (χ0v) is 19.9. The van der Waals surface area contributed by atoms with E-state index in [4.69, 9.17) is 0 Å². The van der Waals surface area contributed by atoms with Gasteiger partial charge in [-0.3, -0.25) is 4.57 Å². The molecule has 0 N–H and O–H groups in total. The highest BCUT2D eigenvalue weighted by molar-refractivity contribution is 7.12. The molecule has 0 aliphatic carbocycles. The molecule has 1 aliphatic rings. The molecule has 3 aromatic heterocycles. The molecule has 160 valence electrons. The lowest BCUT2D eigenvalue weighted by molar-refractivity contribution is 0.604. The second-order valence-corrected chi connectivity index (χ2v) is 11.1. The number of nitrogens with zero attached hydrogens (tertiary/aromatic N) is 5. The van der Waals surface area contributed by atoms with Crippen LogP contribution < -0.4 is 15.5 Å². The Bertz CT molecular complexity index is 1080. The summed E-state index contributed by atoms with van der Waals surface area (Å²) in [6.45, 7) is 14.6. The molecule has 0 amide bonds. The number of anilines is 2. The van der Waals surface area contributed by atoms with Crippen LogP contribution >= 0.6 is 22.7 Å². The lowest BCUT2D eigenvalue weighted by Crippen LogP contribution is -2.47. The topological polar surface area (TPSA) is 54.3 Å². The van der Waals surface area contributed by atoms with Crippen LogP contribution in [-0.2, 0) is 12.0 Å². The number of aromatic nitrogens is 3. The smallest absolute Gasteiger partial charge is 0.352 e. The molecule has 0 saturated carbocycles. The van der Waals surface area contributed by atoms with E-state index in [1.54, 1.807) is 27.2 Å². The number of thiophene rings is 2. The first kappa shape index (κ1) is 21.1. The fourth-order valence-electron chi connectivity index (χ4n) is 3.62. The lowest BCUT2D eigenvalue weighted by Gasteiger charge is -2.35. The average Bonchev–Trinajstić information content (AvgIpc) is 3.33. The monoisotopic (exact) mass is 443 g/mol. The molecule has 0 unspecified atom stereocenters. The number of piperazine rings is 1. The molecule has 6 nitrogen and oxygen atoms in total. The van der Waals surface area contributed by atoms with Crippen molar-refractivity contribution in [1.29, 1.82) is 0 Å². The van der Waals surface area contributed by atoms with Crippen LogP contribution in [-0.4, -0.2) is 40.7 Å². The molecule has 1 saturated heterocycles. The Morgan fingerprint density at radius 1 is 1.03 bits per heavy atom. The van der Waals surface area contributed by atoms with Crippen LogP contribution in [0.1, 0.15) is 41.2 Å². The summed E-state index contributed by atoms with van der Waals surface area (Å²) in [7, 11) is 0. The minimum absolute atomic E-state index is 0.118. The largest absolute Gasteiger partial charge is 0.367 e. The van der Waals surface area contributed by atoms with Crippen LogP contribution in [0.15, 0.2) is 28.4 Å². The van der Waals surface area contributed by atoms with Crippen molar-refractivity contribution < 1.29 is 0 Å². The van der Waals surface area contributed by atoms with Crippen LogP contribution in [0.25, 0.3) is 0 Å². The van der Waals surface area contributed by atoms with E-state index in [2.05, 4.69) is 71.0 Å². The maximum atomic E-state index is 12.8. The van der Waals surface area contributed by atoms with Gasteiger partial charge in [0.2, 0.25) is 5.95 Å². The van der Waals surface area contributed by atoms with Crippen LogP contribution in [0.2, 0.25) is 0 Å². The average molecular weight is 444 g/mol. The number of hydrogen-bond donors (Lipinski definition) is 0. The first-order valence-corrected chi connectivity index (χ1v) is 12.0. The predicted molar refractivity (Wildman–Crippen MR) is 127 cm³/mol. The highest BCUT2D eigenvalue weighted by Gasteiger charge is 2.22. The number of hydrogen-bond acceptors (Lipinski definition) is 7. The minimum Gasteiger partial charge on any atom is -0.367 e. The van der Waals surface area contributed by atoms with Crippen molar-refractivity contribution in [3.05, 3.63) is 54.5 Å². The molecule has 0 aromatic carbocycles. The Hall–Kier alpha value is -2.19. The summed E-state index contributed by atoms with van der Waals surface area (Å²) in [5.74, 6) is 1.27. The van der Waals surface area contributed by atoms with E-state index in [-0.39, 0.29) is 11.1 Å². The maximum absolute atomic E-state index is 12.8. The Morgan fingerprint density at radius 2 is 1.73 bits per heavy atom. The normalized spacial score (nSPS) is 15.1. The summed E-state index contributed by atoms with van der Waals surface area (Å²) in [6.07, 6.45) is 0. The molecule has 0 spiro atoms. The van der Waals surface area contributed by atoms with Gasteiger partial charge >= 0.3 is 5.69 Å². The third-order valence-electron chi connectivity index (χ3n) is 5.44. The second-order valence-electron chi connectivity index (χ2n) is 8.85. The summed E-state index contributed by atoms with van der Waals surface area (Å²) >= 11 is 3.53. The molecule has 0 bridgehead atoms. The molecule has 1 aliphatic heterocycles. The zero-order chi connectivity index (χ0) is 21.5. The summed E-state index contributed by atoms with van der Waals surface area (Å²) in [4.78, 5) is 30.1. The van der Waals surface area contributed by atoms with E-state index in [1.807, 2.05) is 6.92 Å². The van der Waals surface area contributed by atoms with Gasteiger partial charge in [0, 0.05) is 51.9 Å². The van der Waals surface area contributed by atoms with Gasteiger partial charge in [-0.25, -0.2) is 4.79 Å². The third-order valence-corrected chi connectivity index (χ3v) is 7.78. The van der Waals surface area contributed by atoms with Gasteiger partial charge in [0.15, 0.2) is 0 Å². The van der Waals surface area contributed by atoms with Gasteiger partial charge in [0.05, 0.1) is 6.54 Å². The number of aryl methyl sites for hydroxylation is 2. The summed E-state index contributed by atoms with van der Waals surface area (Å²) < 4.78 is 1.67. The van der Waals surface area contributed by atoms with Gasteiger partial charge in [0.25, 0.3) is 0 Å². The highest BCUT2D eigenvalue weighted by Crippen LogP contribution is 2.30. The van der Waals surface area contributed by atoms with Crippen LogP contribution in [0.4, 0.5) is 11.6 Å². The molecule has 1 fully saturated rings. The zero-order valence-electron chi connectivity index (χ0n) is 18.3. The van der Waals surface area contributed by atoms with Crippen LogP contribution in [0, 0.1) is 13.8 Å². The second kappa shape index (κ2) is 8.15. The van der Waals surface area contributed by atoms with Crippen molar-refractivity contribution >= 4 is 34.3 Å². The van der Waals surface area contributed by atoms with E-state index in [0.717, 1.165) is 31.1 Å². The van der Waals surface area contributed by atoms with Crippen molar-refractivity contribution in [3.63, 3.8) is 0 Å². The fourth-order valence-corrected chi connectivity index (χ4v) is 5.39. The van der Waals surface area contributed by atoms with E-state index in [0.29, 0.717) is 18.3 Å². The molecule has 0 atom stereocenters. The van der Waals surface area contributed by atoms with Crippen molar-refractivity contribution in [2.45, 2.75) is 46.6 Å². The fraction of sp³-hybridized carbons (Fsp3) is 0.500. The Kier molecular flexibility index (Phi) is 5.72. The lowest BCUT2D eigenvalue weighted by atomic mass is 9.95. The van der Waals surface area contributed by atoms with Crippen molar-refractivity contribution in [2.75, 3.05) is 36.0 Å². The predicted octanol–water partition coefficient (Wildman–Crippen LogP) is 4.05. The van der Waals surface area contributed by atoms with E-state index in [1.165, 1.54) is 15.4 Å². The van der Waals surface area contributed by atoms with Gasteiger partial charge in [-0.2, -0.15) is 9.97 Å². The number of rotatable bonds is 4. The van der Waals surface area contributed by atoms with E-state index < -0.39 is 0 Å². The van der Waals surface area contributed by atoms with Crippen LogP contribution in [0.5, 0.6) is 0 Å². The molecule has 4 rings (SSSR count). The van der Waals surface area contributed by atoms with Gasteiger partial charge in [0.1, 0.15) is 5.82 Å². The molecule has 0 radical (unpaired) electrons. The van der Waals surface area contributed by atoms with Crippen LogP contribution in [0.3, 0.4) is 0 Å². The molecule has 3 aromatic rings. The molecule has 4 heterocycles. The van der Waals surface area contributed by atoms with Gasteiger partial charge < -0.3 is 9.80 Å². The minimum atomic E-state index is -0.223. The molecular formula is C22H29N5OS2. The maximum Gasteiger partial charge on any atom is 0.352 e. The summed E-state index contributed by atoms with van der Waals surface area (Å²) in [5.41, 5.74) is 1.18. The standard InChI is InChI=1S/C22H29N5OS2/c1-15-12-17(14-29-15)25-8-10-26(11-9-25)20-23-16(2)27(21(28)24-20)13-18-6-7-19(30-18)22(3,4)5/h6-7,12,14H,8-11,13H2,1-5H3. The summed E-state index contributed by atoms with van der Waals surface area (Å²) in [5, 5.41) is 2.21. The Labute approximate surface area is 185 Å². The van der Waals surface area contributed by atoms with Gasteiger partial charge in [-0.15, -0.1) is 22.7 Å². The Morgan fingerprint density at radius 3 is 2.30 bits per heavy atom.